The summed E-state index contributed by atoms with van der Waals surface area (Å²) in [4.78, 5) is 26.9. The number of nitrogens with zero attached hydrogens (tertiary/aromatic N) is 2. The predicted molar refractivity (Wildman–Crippen MR) is 70.4 cm³/mol. The summed E-state index contributed by atoms with van der Waals surface area (Å²) in [5, 5.41) is 18.1. The van der Waals surface area contributed by atoms with Gasteiger partial charge in [-0.15, -0.1) is 0 Å². The average molecular weight is 286 g/mol. The van der Waals surface area contributed by atoms with Gasteiger partial charge in [0.1, 0.15) is 0 Å². The Balaban J connectivity index is 2.02. The number of carboxylic acid groups (broad SMARTS) is 1. The van der Waals surface area contributed by atoms with Crippen LogP contribution in [-0.2, 0) is 9.53 Å². The van der Waals surface area contributed by atoms with Crippen LogP contribution in [0.25, 0.3) is 0 Å². The van der Waals surface area contributed by atoms with E-state index in [-0.39, 0.29) is 25.3 Å². The molecule has 2 atom stereocenters. The molecule has 0 aliphatic carbocycles. The molecule has 0 radical (unpaired) electrons. The Bertz CT molecular complexity index is 363. The van der Waals surface area contributed by atoms with E-state index in [9.17, 15) is 14.7 Å². The van der Waals surface area contributed by atoms with Crippen LogP contribution in [0.4, 0.5) is 4.79 Å². The fourth-order valence-electron chi connectivity index (χ4n) is 2.92. The molecule has 0 saturated carbocycles. The maximum absolute atomic E-state index is 12.6. The van der Waals surface area contributed by atoms with Gasteiger partial charge in [0.2, 0.25) is 0 Å². The highest BCUT2D eigenvalue weighted by Gasteiger charge is 2.38. The molecule has 7 heteroatoms. The molecule has 2 amide bonds. The molecule has 2 unspecified atom stereocenters. The molecular formula is C13H22N2O5. The Morgan fingerprint density at radius 3 is 2.75 bits per heavy atom. The number of morpholine rings is 1. The van der Waals surface area contributed by atoms with E-state index in [1.807, 2.05) is 0 Å². The number of carbonyl (C=O) groups is 2. The molecule has 0 bridgehead atoms. The molecule has 2 aliphatic rings. The maximum atomic E-state index is 12.6. The van der Waals surface area contributed by atoms with Crippen molar-refractivity contribution in [2.24, 2.45) is 0 Å². The third kappa shape index (κ3) is 3.21. The molecule has 0 aromatic rings. The first-order valence-corrected chi connectivity index (χ1v) is 7.13. The molecule has 2 N–H and O–H groups in total. The lowest BCUT2D eigenvalue weighted by molar-refractivity contribution is -0.147. The molecule has 7 nitrogen and oxygen atoms in total. The van der Waals surface area contributed by atoms with Gasteiger partial charge < -0.3 is 24.7 Å². The van der Waals surface area contributed by atoms with Crippen molar-refractivity contribution in [3.63, 3.8) is 0 Å². The Morgan fingerprint density at radius 1 is 1.25 bits per heavy atom. The molecule has 2 fully saturated rings. The summed E-state index contributed by atoms with van der Waals surface area (Å²) in [6.45, 7) is 1.53. The normalized spacial score (nSPS) is 26.9. The fraction of sp³-hybridized carbons (Fsp3) is 0.846. The van der Waals surface area contributed by atoms with Gasteiger partial charge in [-0.1, -0.05) is 0 Å². The summed E-state index contributed by atoms with van der Waals surface area (Å²) in [7, 11) is 0. The van der Waals surface area contributed by atoms with Gasteiger partial charge >= 0.3 is 12.0 Å². The van der Waals surface area contributed by atoms with Crippen LogP contribution in [-0.4, -0.2) is 77.0 Å². The number of aliphatic hydroxyl groups excluding tert-OH is 1. The number of urea groups is 1. The van der Waals surface area contributed by atoms with Crippen LogP contribution in [0, 0.1) is 0 Å². The Hall–Kier alpha value is -1.34. The summed E-state index contributed by atoms with van der Waals surface area (Å²) in [5.41, 5.74) is 0. The van der Waals surface area contributed by atoms with E-state index in [1.165, 1.54) is 4.90 Å². The Kier molecular flexibility index (Phi) is 5.19. The third-order valence-electron chi connectivity index (χ3n) is 3.98. The quantitative estimate of drug-likeness (QED) is 0.766. The van der Waals surface area contributed by atoms with E-state index in [2.05, 4.69) is 0 Å². The van der Waals surface area contributed by atoms with Crippen molar-refractivity contribution in [2.45, 2.75) is 37.8 Å². The number of ether oxygens (including phenoxy) is 1. The van der Waals surface area contributed by atoms with Crippen molar-refractivity contribution in [1.82, 2.24) is 9.80 Å². The molecule has 20 heavy (non-hydrogen) atoms. The number of amides is 2. The van der Waals surface area contributed by atoms with Gasteiger partial charge in [-0.3, -0.25) is 0 Å². The van der Waals surface area contributed by atoms with E-state index in [0.29, 0.717) is 26.1 Å². The summed E-state index contributed by atoms with van der Waals surface area (Å²) < 4.78 is 5.15. The lowest BCUT2D eigenvalue weighted by atomic mass is 10.1. The summed E-state index contributed by atoms with van der Waals surface area (Å²) in [6.07, 6.45) is 3.29. The topological polar surface area (TPSA) is 90.3 Å². The monoisotopic (exact) mass is 286 g/mol. The third-order valence-corrected chi connectivity index (χ3v) is 3.98. The first-order valence-electron chi connectivity index (χ1n) is 7.13. The van der Waals surface area contributed by atoms with Crippen LogP contribution in [0.15, 0.2) is 0 Å². The second-order valence-electron chi connectivity index (χ2n) is 5.26. The van der Waals surface area contributed by atoms with Crippen LogP contribution in [0.1, 0.15) is 25.7 Å². The highest BCUT2D eigenvalue weighted by atomic mass is 16.5. The minimum absolute atomic E-state index is 0.0518. The van der Waals surface area contributed by atoms with Crippen molar-refractivity contribution in [3.05, 3.63) is 0 Å². The maximum Gasteiger partial charge on any atom is 0.328 e. The van der Waals surface area contributed by atoms with Crippen LogP contribution < -0.4 is 0 Å². The summed E-state index contributed by atoms with van der Waals surface area (Å²) in [5.74, 6) is -1.02. The zero-order valence-electron chi connectivity index (χ0n) is 11.5. The minimum Gasteiger partial charge on any atom is -0.480 e. The lowest BCUT2D eigenvalue weighted by Gasteiger charge is -2.37. The molecule has 0 spiro atoms. The second kappa shape index (κ2) is 6.90. The fourth-order valence-corrected chi connectivity index (χ4v) is 2.92. The van der Waals surface area contributed by atoms with E-state index in [0.717, 1.165) is 19.3 Å². The second-order valence-corrected chi connectivity index (χ2v) is 5.26. The number of carboxylic acids is 1. The Morgan fingerprint density at radius 2 is 2.05 bits per heavy atom. The van der Waals surface area contributed by atoms with Gasteiger partial charge in [-0.25, -0.2) is 9.59 Å². The number of hydrogen-bond donors (Lipinski definition) is 2. The number of carbonyl (C=O) groups excluding carboxylic acids is 1. The average Bonchev–Trinajstić information content (AvgIpc) is 2.92. The van der Waals surface area contributed by atoms with Crippen LogP contribution in [0.3, 0.4) is 0 Å². The number of likely N-dealkylation sites (tertiary alicyclic amines) is 1. The zero-order valence-corrected chi connectivity index (χ0v) is 11.5. The minimum atomic E-state index is -1.02. The SMILES string of the molecule is O=C(O)C1COCCN1C(=O)N1CCCC1CCCO. The van der Waals surface area contributed by atoms with Crippen LogP contribution in [0.2, 0.25) is 0 Å². The predicted octanol–water partition coefficient (Wildman–Crippen LogP) is 0.129. The van der Waals surface area contributed by atoms with Crippen LogP contribution >= 0.6 is 0 Å². The molecule has 2 heterocycles. The van der Waals surface area contributed by atoms with Gasteiger partial charge in [-0.2, -0.15) is 0 Å². The van der Waals surface area contributed by atoms with Crippen molar-refractivity contribution in [1.29, 1.82) is 0 Å². The smallest absolute Gasteiger partial charge is 0.328 e. The van der Waals surface area contributed by atoms with Crippen molar-refractivity contribution in [3.8, 4) is 0 Å². The number of hydrogen-bond acceptors (Lipinski definition) is 4. The Labute approximate surface area is 118 Å². The number of rotatable bonds is 4. The van der Waals surface area contributed by atoms with Gasteiger partial charge in [0.05, 0.1) is 13.2 Å². The van der Waals surface area contributed by atoms with Gasteiger partial charge in [0.25, 0.3) is 0 Å². The molecule has 2 saturated heterocycles. The summed E-state index contributed by atoms with van der Waals surface area (Å²) >= 11 is 0. The zero-order chi connectivity index (χ0) is 14.5. The molecule has 0 aromatic carbocycles. The first kappa shape index (κ1) is 15.1. The van der Waals surface area contributed by atoms with Crippen molar-refractivity contribution in [2.75, 3.05) is 32.9 Å². The van der Waals surface area contributed by atoms with E-state index in [4.69, 9.17) is 9.84 Å². The standard InChI is InChI=1S/C13H22N2O5/c16-7-2-4-10-3-1-5-14(10)13(19)15-6-8-20-9-11(15)12(17)18/h10-11,16H,1-9H2,(H,17,18). The van der Waals surface area contributed by atoms with Crippen molar-refractivity contribution >= 4 is 12.0 Å². The summed E-state index contributed by atoms with van der Waals surface area (Å²) in [6, 6.07) is -0.983. The first-order chi connectivity index (χ1) is 9.65. The largest absolute Gasteiger partial charge is 0.480 e. The van der Waals surface area contributed by atoms with Gasteiger partial charge in [-0.05, 0) is 25.7 Å². The van der Waals surface area contributed by atoms with Crippen molar-refractivity contribution < 1.29 is 24.5 Å². The number of aliphatic hydroxyl groups is 1. The van der Waals surface area contributed by atoms with Gasteiger partial charge in [0.15, 0.2) is 6.04 Å². The molecule has 0 aromatic heterocycles. The highest BCUT2D eigenvalue weighted by Crippen LogP contribution is 2.24. The van der Waals surface area contributed by atoms with E-state index in [1.54, 1.807) is 4.90 Å². The molecule has 2 aliphatic heterocycles. The van der Waals surface area contributed by atoms with E-state index >= 15 is 0 Å². The lowest BCUT2D eigenvalue weighted by Crippen LogP contribution is -2.57. The highest BCUT2D eigenvalue weighted by molar-refractivity contribution is 5.83. The van der Waals surface area contributed by atoms with Crippen LogP contribution in [0.5, 0.6) is 0 Å². The number of aliphatic carboxylic acids is 1. The molecule has 2 rings (SSSR count). The van der Waals surface area contributed by atoms with Gasteiger partial charge in [0, 0.05) is 25.7 Å². The van der Waals surface area contributed by atoms with E-state index < -0.39 is 12.0 Å². The molecular weight excluding hydrogens is 264 g/mol. The molecule has 114 valence electrons.